The van der Waals surface area contributed by atoms with E-state index in [1.54, 1.807) is 0 Å². The Morgan fingerprint density at radius 2 is 2.00 bits per heavy atom. The molecule has 0 unspecified atom stereocenters. The normalized spacial score (nSPS) is 15.0. The highest BCUT2D eigenvalue weighted by atomic mass is 35.5. The van der Waals surface area contributed by atoms with Crippen LogP contribution in [0.2, 0.25) is 10.0 Å². The van der Waals surface area contributed by atoms with Crippen LogP contribution in [0.5, 0.6) is 0 Å². The summed E-state index contributed by atoms with van der Waals surface area (Å²) < 4.78 is 36.5. The van der Waals surface area contributed by atoms with Crippen LogP contribution in [-0.2, 0) is 10.0 Å². The van der Waals surface area contributed by atoms with Crippen molar-refractivity contribution >= 4 is 39.1 Å². The number of hydrogen-bond acceptors (Lipinski definition) is 3. The number of sulfonamides is 1. The molecule has 1 saturated carbocycles. The van der Waals surface area contributed by atoms with Gasteiger partial charge < -0.3 is 5.32 Å². The SMILES string of the molecule is NS(=O)(=O)c1c(Cl)c(F)cc(C(=O)NCCC2CC2)c1Cl. The molecule has 0 heterocycles. The highest BCUT2D eigenvalue weighted by Crippen LogP contribution is 2.34. The van der Waals surface area contributed by atoms with Gasteiger partial charge in [0.2, 0.25) is 10.0 Å². The lowest BCUT2D eigenvalue weighted by atomic mass is 10.2. The zero-order valence-corrected chi connectivity index (χ0v) is 13.2. The van der Waals surface area contributed by atoms with Crippen molar-refractivity contribution in [3.63, 3.8) is 0 Å². The van der Waals surface area contributed by atoms with Gasteiger partial charge in [0, 0.05) is 6.54 Å². The minimum Gasteiger partial charge on any atom is -0.352 e. The molecular weight excluding hydrogens is 342 g/mol. The van der Waals surface area contributed by atoms with E-state index >= 15 is 0 Å². The molecule has 5 nitrogen and oxygen atoms in total. The first-order valence-corrected chi connectivity index (χ1v) is 8.50. The van der Waals surface area contributed by atoms with Gasteiger partial charge in [0.1, 0.15) is 10.7 Å². The summed E-state index contributed by atoms with van der Waals surface area (Å²) in [5, 5.41) is 6.31. The van der Waals surface area contributed by atoms with Crippen LogP contribution in [0.3, 0.4) is 0 Å². The van der Waals surface area contributed by atoms with Crippen molar-refractivity contribution in [1.82, 2.24) is 5.32 Å². The molecule has 1 fully saturated rings. The number of hydrogen-bond donors (Lipinski definition) is 2. The first-order valence-electron chi connectivity index (χ1n) is 6.20. The van der Waals surface area contributed by atoms with Gasteiger partial charge in [-0.05, 0) is 18.4 Å². The minimum absolute atomic E-state index is 0.307. The Morgan fingerprint density at radius 1 is 1.38 bits per heavy atom. The van der Waals surface area contributed by atoms with Crippen molar-refractivity contribution in [2.45, 2.75) is 24.2 Å². The zero-order valence-electron chi connectivity index (χ0n) is 10.8. The third-order valence-electron chi connectivity index (χ3n) is 3.18. The summed E-state index contributed by atoms with van der Waals surface area (Å²) in [6.07, 6.45) is 3.10. The van der Waals surface area contributed by atoms with Gasteiger partial charge in [0.05, 0.1) is 15.6 Å². The van der Waals surface area contributed by atoms with Gasteiger partial charge in [0.25, 0.3) is 5.91 Å². The molecule has 1 aromatic carbocycles. The van der Waals surface area contributed by atoms with Gasteiger partial charge in [-0.25, -0.2) is 17.9 Å². The molecule has 1 aliphatic carbocycles. The summed E-state index contributed by atoms with van der Waals surface area (Å²) in [6.45, 7) is 0.411. The summed E-state index contributed by atoms with van der Waals surface area (Å²) in [6, 6.07) is 0.797. The van der Waals surface area contributed by atoms with Gasteiger partial charge >= 0.3 is 0 Å². The number of nitrogens with one attached hydrogen (secondary N) is 1. The van der Waals surface area contributed by atoms with E-state index < -0.39 is 36.7 Å². The van der Waals surface area contributed by atoms with Crippen molar-refractivity contribution in [3.05, 3.63) is 27.5 Å². The van der Waals surface area contributed by atoms with E-state index in [9.17, 15) is 17.6 Å². The molecular formula is C12H13Cl2FN2O3S. The highest BCUT2D eigenvalue weighted by molar-refractivity contribution is 7.89. The number of amides is 1. The molecule has 0 spiro atoms. The molecule has 1 aliphatic rings. The average molecular weight is 355 g/mol. The maximum absolute atomic E-state index is 13.7. The molecule has 0 radical (unpaired) electrons. The van der Waals surface area contributed by atoms with E-state index in [2.05, 4.69) is 5.32 Å². The molecule has 9 heteroatoms. The Hall–Kier alpha value is -0.890. The maximum atomic E-state index is 13.7. The lowest BCUT2D eigenvalue weighted by molar-refractivity contribution is 0.0952. The van der Waals surface area contributed by atoms with E-state index in [1.807, 2.05) is 0 Å². The summed E-state index contributed by atoms with van der Waals surface area (Å²) in [5.74, 6) is -1.12. The molecule has 116 valence electrons. The van der Waals surface area contributed by atoms with E-state index in [4.69, 9.17) is 28.3 Å². The van der Waals surface area contributed by atoms with Crippen molar-refractivity contribution in [2.75, 3.05) is 6.54 Å². The molecule has 3 N–H and O–H groups in total. The fraction of sp³-hybridized carbons (Fsp3) is 0.417. The van der Waals surface area contributed by atoms with Crippen LogP contribution in [0.1, 0.15) is 29.6 Å². The van der Waals surface area contributed by atoms with Gasteiger partial charge in [-0.2, -0.15) is 0 Å². The van der Waals surface area contributed by atoms with Crippen molar-refractivity contribution in [2.24, 2.45) is 11.1 Å². The van der Waals surface area contributed by atoms with Crippen molar-refractivity contribution < 1.29 is 17.6 Å². The molecule has 0 aliphatic heterocycles. The average Bonchev–Trinajstić information content (AvgIpc) is 3.16. The smallest absolute Gasteiger partial charge is 0.252 e. The topological polar surface area (TPSA) is 89.3 Å². The summed E-state index contributed by atoms with van der Waals surface area (Å²) in [4.78, 5) is 11.2. The number of carbonyl (C=O) groups is 1. The molecule has 0 bridgehead atoms. The van der Waals surface area contributed by atoms with Gasteiger partial charge in [-0.15, -0.1) is 0 Å². The fourth-order valence-corrected chi connectivity index (χ4v) is 3.67. The lowest BCUT2D eigenvalue weighted by Crippen LogP contribution is -2.26. The monoisotopic (exact) mass is 354 g/mol. The zero-order chi connectivity index (χ0) is 15.8. The van der Waals surface area contributed by atoms with E-state index in [0.717, 1.165) is 25.3 Å². The Bertz CT molecular complexity index is 690. The minimum atomic E-state index is -4.35. The van der Waals surface area contributed by atoms with E-state index in [-0.39, 0.29) is 5.56 Å². The number of rotatable bonds is 5. The molecule has 1 aromatic rings. The van der Waals surface area contributed by atoms with Crippen LogP contribution in [0.15, 0.2) is 11.0 Å². The Balaban J connectivity index is 2.30. The summed E-state index contributed by atoms with van der Waals surface area (Å²) in [5.41, 5.74) is -0.307. The second-order valence-electron chi connectivity index (χ2n) is 4.90. The van der Waals surface area contributed by atoms with Crippen LogP contribution in [0.25, 0.3) is 0 Å². The first-order chi connectivity index (χ1) is 9.71. The second kappa shape index (κ2) is 6.08. The third kappa shape index (κ3) is 3.85. The number of carbonyl (C=O) groups excluding carboxylic acids is 1. The lowest BCUT2D eigenvalue weighted by Gasteiger charge is -2.11. The van der Waals surface area contributed by atoms with Crippen LogP contribution in [0, 0.1) is 11.7 Å². The van der Waals surface area contributed by atoms with E-state index in [1.165, 1.54) is 0 Å². The second-order valence-corrected chi connectivity index (χ2v) is 7.15. The highest BCUT2D eigenvalue weighted by Gasteiger charge is 2.27. The maximum Gasteiger partial charge on any atom is 0.252 e. The molecule has 0 saturated heterocycles. The first kappa shape index (κ1) is 16.5. The Kier molecular flexibility index (Phi) is 4.77. The molecule has 1 amide bonds. The summed E-state index contributed by atoms with van der Waals surface area (Å²) in [7, 11) is -4.35. The predicted molar refractivity (Wildman–Crippen MR) is 77.5 cm³/mol. The van der Waals surface area contributed by atoms with Gasteiger partial charge in [-0.3, -0.25) is 4.79 Å². The molecule has 21 heavy (non-hydrogen) atoms. The molecule has 2 rings (SSSR count). The molecule has 0 atom stereocenters. The van der Waals surface area contributed by atoms with Crippen molar-refractivity contribution in [1.29, 1.82) is 0 Å². The largest absolute Gasteiger partial charge is 0.352 e. The molecule has 0 aromatic heterocycles. The van der Waals surface area contributed by atoms with Crippen LogP contribution >= 0.6 is 23.2 Å². The summed E-state index contributed by atoms with van der Waals surface area (Å²) >= 11 is 11.4. The number of nitrogens with two attached hydrogens (primary N) is 1. The van der Waals surface area contributed by atoms with Crippen LogP contribution < -0.4 is 10.5 Å². The quantitative estimate of drug-likeness (QED) is 0.795. The Labute approximate surface area is 131 Å². The number of benzene rings is 1. The Morgan fingerprint density at radius 3 is 2.52 bits per heavy atom. The fourth-order valence-electron chi connectivity index (χ4n) is 1.89. The predicted octanol–water partition coefficient (Wildman–Crippen LogP) is 2.31. The van der Waals surface area contributed by atoms with E-state index in [0.29, 0.717) is 12.5 Å². The number of halogens is 3. The standard InChI is InChI=1S/C12H13Cl2FN2O3S/c13-9-7(12(18)17-4-3-6-1-2-6)5-8(15)10(14)11(9)21(16,19)20/h5-6H,1-4H2,(H,17,18)(H2,16,19,20). The van der Waals surface area contributed by atoms with Crippen LogP contribution in [0.4, 0.5) is 4.39 Å². The van der Waals surface area contributed by atoms with Gasteiger partial charge in [-0.1, -0.05) is 36.0 Å². The third-order valence-corrected chi connectivity index (χ3v) is 5.14. The van der Waals surface area contributed by atoms with Crippen LogP contribution in [-0.4, -0.2) is 20.9 Å². The van der Waals surface area contributed by atoms with Crippen molar-refractivity contribution in [3.8, 4) is 0 Å². The van der Waals surface area contributed by atoms with Gasteiger partial charge in [0.15, 0.2) is 0 Å². The number of primary sulfonamides is 1.